The van der Waals surface area contributed by atoms with Crippen LogP contribution in [0.3, 0.4) is 0 Å². The Bertz CT molecular complexity index is 443. The highest BCUT2D eigenvalue weighted by atomic mass is 16.6. The van der Waals surface area contributed by atoms with E-state index in [-0.39, 0.29) is 42.0 Å². The Balaban J connectivity index is 1.70. The summed E-state index contributed by atoms with van der Waals surface area (Å²) < 4.78 is 0. The van der Waals surface area contributed by atoms with Gasteiger partial charge in [0.05, 0.1) is 18.4 Å². The normalized spacial score (nSPS) is 35.1. The molecule has 3 aliphatic rings. The number of imide groups is 1. The second-order valence-corrected chi connectivity index (χ2v) is 5.22. The molecular weight excluding hydrogens is 248 g/mol. The number of nitrogens with zero attached hydrogens (tertiary/aromatic N) is 1. The van der Waals surface area contributed by atoms with E-state index in [4.69, 9.17) is 4.84 Å². The minimum Gasteiger partial charge on any atom is -0.274 e. The van der Waals surface area contributed by atoms with Crippen molar-refractivity contribution < 1.29 is 19.2 Å². The molecule has 4 atom stereocenters. The number of allylic oxidation sites excluding steroid dienone is 2. The largest absolute Gasteiger partial charge is 0.274 e. The van der Waals surface area contributed by atoms with Gasteiger partial charge in [-0.3, -0.25) is 24.1 Å². The summed E-state index contributed by atoms with van der Waals surface area (Å²) in [5, 5.41) is 0. The van der Waals surface area contributed by atoms with Gasteiger partial charge in [-0.15, -0.1) is 0 Å². The number of amides is 3. The van der Waals surface area contributed by atoms with E-state index >= 15 is 0 Å². The van der Waals surface area contributed by atoms with E-state index in [0.29, 0.717) is 6.61 Å². The standard InChI is InChI=1S/C13H16N2O4/c1-2-19-14-9(16)6-15-12(17)10-7-3-4-8(5-7)11(10)13(15)18/h3-4,7-8,10-11H,2,5-6H2,1H3,(H,14,16). The van der Waals surface area contributed by atoms with Gasteiger partial charge in [-0.25, -0.2) is 5.48 Å². The summed E-state index contributed by atoms with van der Waals surface area (Å²) in [5.41, 5.74) is 2.20. The van der Waals surface area contributed by atoms with Crippen LogP contribution < -0.4 is 5.48 Å². The van der Waals surface area contributed by atoms with Crippen molar-refractivity contribution in [2.24, 2.45) is 23.7 Å². The number of fused-ring (bicyclic) bond motifs is 5. The van der Waals surface area contributed by atoms with Gasteiger partial charge < -0.3 is 0 Å². The average molecular weight is 264 g/mol. The van der Waals surface area contributed by atoms with E-state index in [9.17, 15) is 14.4 Å². The van der Waals surface area contributed by atoms with Crippen molar-refractivity contribution >= 4 is 17.7 Å². The van der Waals surface area contributed by atoms with Gasteiger partial charge in [-0.05, 0) is 25.2 Å². The van der Waals surface area contributed by atoms with Crippen molar-refractivity contribution in [3.05, 3.63) is 12.2 Å². The van der Waals surface area contributed by atoms with Crippen LogP contribution in [0.5, 0.6) is 0 Å². The Morgan fingerprint density at radius 1 is 1.32 bits per heavy atom. The number of hydroxylamine groups is 1. The molecule has 1 N–H and O–H groups in total. The van der Waals surface area contributed by atoms with Crippen LogP contribution in [-0.2, 0) is 19.2 Å². The average Bonchev–Trinajstić information content (AvgIpc) is 3.06. The summed E-state index contributed by atoms with van der Waals surface area (Å²) in [6.07, 6.45) is 4.95. The third kappa shape index (κ3) is 1.78. The maximum absolute atomic E-state index is 12.2. The van der Waals surface area contributed by atoms with Crippen LogP contribution in [0.2, 0.25) is 0 Å². The SMILES string of the molecule is CCONC(=O)CN1C(=O)C2C3C=CC(C3)C2C1=O. The Hall–Kier alpha value is -1.69. The third-order valence-electron chi connectivity index (χ3n) is 4.19. The molecule has 102 valence electrons. The molecule has 2 bridgehead atoms. The Kier molecular flexibility index (Phi) is 2.89. The molecular formula is C13H16N2O4. The topological polar surface area (TPSA) is 75.7 Å². The molecule has 4 unspecified atom stereocenters. The molecule has 1 saturated heterocycles. The van der Waals surface area contributed by atoms with Crippen molar-refractivity contribution in [3.63, 3.8) is 0 Å². The maximum atomic E-state index is 12.2. The second kappa shape index (κ2) is 4.45. The molecule has 2 fully saturated rings. The maximum Gasteiger partial charge on any atom is 0.263 e. The molecule has 19 heavy (non-hydrogen) atoms. The predicted molar refractivity (Wildman–Crippen MR) is 64.2 cm³/mol. The lowest BCUT2D eigenvalue weighted by atomic mass is 9.85. The lowest BCUT2D eigenvalue weighted by Crippen LogP contribution is -2.41. The van der Waals surface area contributed by atoms with Crippen molar-refractivity contribution in [2.45, 2.75) is 13.3 Å². The van der Waals surface area contributed by atoms with Crippen LogP contribution in [0.4, 0.5) is 0 Å². The lowest BCUT2D eigenvalue weighted by Gasteiger charge is -2.16. The Morgan fingerprint density at radius 2 is 1.89 bits per heavy atom. The van der Waals surface area contributed by atoms with E-state index in [1.807, 2.05) is 12.2 Å². The molecule has 1 saturated carbocycles. The van der Waals surface area contributed by atoms with Crippen molar-refractivity contribution in [2.75, 3.05) is 13.2 Å². The molecule has 1 heterocycles. The molecule has 3 amide bonds. The number of carbonyl (C=O) groups excluding carboxylic acids is 3. The van der Waals surface area contributed by atoms with E-state index in [0.717, 1.165) is 11.3 Å². The predicted octanol–water partition coefficient (Wildman–Crippen LogP) is -0.139. The summed E-state index contributed by atoms with van der Waals surface area (Å²) in [6, 6.07) is 0. The van der Waals surface area contributed by atoms with Gasteiger partial charge >= 0.3 is 0 Å². The van der Waals surface area contributed by atoms with E-state index in [1.54, 1.807) is 6.92 Å². The zero-order chi connectivity index (χ0) is 13.6. The molecule has 2 aliphatic carbocycles. The van der Waals surface area contributed by atoms with Gasteiger partial charge in [-0.2, -0.15) is 0 Å². The highest BCUT2D eigenvalue weighted by molar-refractivity contribution is 6.08. The number of hydrogen-bond acceptors (Lipinski definition) is 4. The monoisotopic (exact) mass is 264 g/mol. The minimum absolute atomic E-state index is 0.173. The van der Waals surface area contributed by atoms with Gasteiger partial charge in [0.25, 0.3) is 5.91 Å². The quantitative estimate of drug-likeness (QED) is 0.436. The Morgan fingerprint density at radius 3 is 2.42 bits per heavy atom. The first-order valence-electron chi connectivity index (χ1n) is 6.57. The zero-order valence-corrected chi connectivity index (χ0v) is 10.7. The summed E-state index contributed by atoms with van der Waals surface area (Å²) in [4.78, 5) is 41.9. The minimum atomic E-state index is -0.469. The molecule has 6 heteroatoms. The highest BCUT2D eigenvalue weighted by Gasteiger charge is 2.59. The van der Waals surface area contributed by atoms with Crippen LogP contribution in [0, 0.1) is 23.7 Å². The smallest absolute Gasteiger partial charge is 0.263 e. The van der Waals surface area contributed by atoms with Crippen LogP contribution >= 0.6 is 0 Å². The summed E-state index contributed by atoms with van der Waals surface area (Å²) in [6.45, 7) is 1.83. The van der Waals surface area contributed by atoms with E-state index < -0.39 is 5.91 Å². The molecule has 6 nitrogen and oxygen atoms in total. The molecule has 1 aliphatic heterocycles. The fourth-order valence-corrected chi connectivity index (χ4v) is 3.45. The lowest BCUT2D eigenvalue weighted by molar-refractivity contribution is -0.147. The first-order chi connectivity index (χ1) is 9.13. The number of likely N-dealkylation sites (tertiary alicyclic amines) is 1. The van der Waals surface area contributed by atoms with Crippen molar-refractivity contribution in [1.82, 2.24) is 10.4 Å². The first kappa shape index (κ1) is 12.3. The summed E-state index contributed by atoms with van der Waals surface area (Å²) in [5.74, 6) is -1.04. The van der Waals surface area contributed by atoms with Crippen LogP contribution in [0.25, 0.3) is 0 Å². The molecule has 0 aromatic rings. The summed E-state index contributed by atoms with van der Waals surface area (Å²) in [7, 11) is 0. The molecule has 0 aromatic heterocycles. The number of nitrogens with one attached hydrogen (secondary N) is 1. The van der Waals surface area contributed by atoms with Crippen molar-refractivity contribution in [1.29, 1.82) is 0 Å². The molecule has 3 rings (SSSR count). The van der Waals surface area contributed by atoms with Gasteiger partial charge in [0.2, 0.25) is 11.8 Å². The number of hydrogen-bond donors (Lipinski definition) is 1. The third-order valence-corrected chi connectivity index (χ3v) is 4.19. The van der Waals surface area contributed by atoms with Gasteiger partial charge in [0, 0.05) is 0 Å². The van der Waals surface area contributed by atoms with Gasteiger partial charge in [-0.1, -0.05) is 12.2 Å². The van der Waals surface area contributed by atoms with Gasteiger partial charge in [0.1, 0.15) is 6.54 Å². The zero-order valence-electron chi connectivity index (χ0n) is 10.7. The molecule has 0 spiro atoms. The molecule has 0 radical (unpaired) electrons. The Labute approximate surface area is 110 Å². The van der Waals surface area contributed by atoms with Crippen LogP contribution in [0.1, 0.15) is 13.3 Å². The number of rotatable bonds is 4. The van der Waals surface area contributed by atoms with Gasteiger partial charge in [0.15, 0.2) is 0 Å². The van der Waals surface area contributed by atoms with E-state index in [1.165, 1.54) is 0 Å². The summed E-state index contributed by atoms with van der Waals surface area (Å²) >= 11 is 0. The highest BCUT2D eigenvalue weighted by Crippen LogP contribution is 2.52. The molecule has 0 aromatic carbocycles. The number of carbonyl (C=O) groups is 3. The van der Waals surface area contributed by atoms with Crippen LogP contribution in [-0.4, -0.2) is 35.8 Å². The van der Waals surface area contributed by atoms with Crippen LogP contribution in [0.15, 0.2) is 12.2 Å². The van der Waals surface area contributed by atoms with E-state index in [2.05, 4.69) is 5.48 Å². The van der Waals surface area contributed by atoms with Crippen molar-refractivity contribution in [3.8, 4) is 0 Å². The first-order valence-corrected chi connectivity index (χ1v) is 6.57. The second-order valence-electron chi connectivity index (χ2n) is 5.22. The fraction of sp³-hybridized carbons (Fsp3) is 0.615. The fourth-order valence-electron chi connectivity index (χ4n) is 3.45.